The summed E-state index contributed by atoms with van der Waals surface area (Å²) in [5, 5.41) is 13.0. The fourth-order valence-corrected chi connectivity index (χ4v) is 3.23. The topological polar surface area (TPSA) is 77.6 Å². The lowest BCUT2D eigenvalue weighted by atomic mass is 10.1. The highest BCUT2D eigenvalue weighted by atomic mass is 16.2. The lowest BCUT2D eigenvalue weighted by molar-refractivity contribution is 0.100. The highest BCUT2D eigenvalue weighted by Gasteiger charge is 2.31. The first-order chi connectivity index (χ1) is 12.7. The number of aromatic nitrogens is 5. The molecule has 1 N–H and O–H groups in total. The van der Waals surface area contributed by atoms with Gasteiger partial charge in [-0.05, 0) is 59.6 Å². The molecule has 1 fully saturated rings. The van der Waals surface area contributed by atoms with E-state index < -0.39 is 0 Å². The second-order valence-electron chi connectivity index (χ2n) is 8.59. The predicted octanol–water partition coefficient (Wildman–Crippen LogP) is 4.09. The number of carbonyl (C=O) groups is 1. The van der Waals surface area contributed by atoms with Crippen LogP contribution in [0.1, 0.15) is 75.6 Å². The molecule has 0 aliphatic heterocycles. The van der Waals surface area contributed by atoms with Crippen LogP contribution in [0.5, 0.6) is 0 Å². The minimum atomic E-state index is -0.263. The maximum atomic E-state index is 13.0. The first kappa shape index (κ1) is 17.7. The van der Waals surface area contributed by atoms with E-state index in [2.05, 4.69) is 50.0 Å². The van der Waals surface area contributed by atoms with Crippen LogP contribution in [0.25, 0.3) is 11.0 Å². The van der Waals surface area contributed by atoms with Crippen molar-refractivity contribution < 1.29 is 4.79 Å². The Kier molecular flexibility index (Phi) is 4.05. The number of anilines is 1. The summed E-state index contributed by atoms with van der Waals surface area (Å²) in [4.78, 5) is 17.5. The Bertz CT molecular complexity index is 1000. The van der Waals surface area contributed by atoms with E-state index in [0.29, 0.717) is 17.3 Å². The highest BCUT2D eigenvalue weighted by Crippen LogP contribution is 2.40. The van der Waals surface area contributed by atoms with Crippen molar-refractivity contribution in [3.8, 4) is 0 Å². The SMILES string of the molecule is CC(C)n1ncc2cc(NC(=O)c3cc(C4CC4)nn3C(C)(C)C)cnc21. The van der Waals surface area contributed by atoms with Gasteiger partial charge >= 0.3 is 0 Å². The largest absolute Gasteiger partial charge is 0.319 e. The number of hydrogen-bond acceptors (Lipinski definition) is 4. The van der Waals surface area contributed by atoms with Crippen molar-refractivity contribution in [1.82, 2.24) is 24.5 Å². The van der Waals surface area contributed by atoms with E-state index in [-0.39, 0.29) is 17.5 Å². The van der Waals surface area contributed by atoms with Crippen LogP contribution in [-0.4, -0.2) is 30.5 Å². The van der Waals surface area contributed by atoms with E-state index in [4.69, 9.17) is 5.10 Å². The van der Waals surface area contributed by atoms with Gasteiger partial charge in [0.1, 0.15) is 5.69 Å². The van der Waals surface area contributed by atoms with E-state index in [1.807, 2.05) is 21.5 Å². The van der Waals surface area contributed by atoms with Crippen LogP contribution in [0.2, 0.25) is 0 Å². The molecule has 1 amide bonds. The number of rotatable bonds is 4. The fraction of sp³-hybridized carbons (Fsp3) is 0.500. The Balaban J connectivity index is 1.63. The molecular formula is C20H26N6O. The van der Waals surface area contributed by atoms with E-state index in [9.17, 15) is 4.79 Å². The second-order valence-corrected chi connectivity index (χ2v) is 8.59. The number of nitrogens with zero attached hydrogens (tertiary/aromatic N) is 5. The number of amides is 1. The summed E-state index contributed by atoms with van der Waals surface area (Å²) < 4.78 is 3.70. The molecule has 0 aromatic carbocycles. The third-order valence-electron chi connectivity index (χ3n) is 4.77. The second kappa shape index (κ2) is 6.18. The monoisotopic (exact) mass is 366 g/mol. The molecule has 0 bridgehead atoms. The third kappa shape index (κ3) is 3.34. The average Bonchev–Trinajstić information content (AvgIpc) is 3.18. The van der Waals surface area contributed by atoms with Gasteiger partial charge in [-0.2, -0.15) is 10.2 Å². The first-order valence-electron chi connectivity index (χ1n) is 9.49. The van der Waals surface area contributed by atoms with Gasteiger partial charge in [0.05, 0.1) is 29.3 Å². The van der Waals surface area contributed by atoms with Gasteiger partial charge in [0.15, 0.2) is 5.65 Å². The molecule has 7 nitrogen and oxygen atoms in total. The Hall–Kier alpha value is -2.70. The molecule has 1 aliphatic rings. The van der Waals surface area contributed by atoms with Gasteiger partial charge in [-0.3, -0.25) is 9.48 Å². The molecule has 1 aliphatic carbocycles. The van der Waals surface area contributed by atoms with Gasteiger partial charge < -0.3 is 5.32 Å². The predicted molar refractivity (Wildman–Crippen MR) is 105 cm³/mol. The summed E-state index contributed by atoms with van der Waals surface area (Å²) in [7, 11) is 0. The van der Waals surface area contributed by atoms with E-state index in [1.165, 1.54) is 0 Å². The van der Waals surface area contributed by atoms with Crippen LogP contribution in [-0.2, 0) is 5.54 Å². The zero-order chi connectivity index (χ0) is 19.3. The normalized spacial score (nSPS) is 14.9. The Morgan fingerprint density at radius 2 is 1.96 bits per heavy atom. The molecule has 4 rings (SSSR count). The molecule has 0 atom stereocenters. The Morgan fingerprint density at radius 3 is 2.59 bits per heavy atom. The number of pyridine rings is 1. The Morgan fingerprint density at radius 1 is 1.22 bits per heavy atom. The summed E-state index contributed by atoms with van der Waals surface area (Å²) in [6.45, 7) is 10.3. The van der Waals surface area contributed by atoms with Crippen LogP contribution < -0.4 is 5.32 Å². The van der Waals surface area contributed by atoms with Gasteiger partial charge in [0.25, 0.3) is 5.91 Å². The lowest BCUT2D eigenvalue weighted by Crippen LogP contribution is -2.29. The molecule has 3 aromatic heterocycles. The number of fused-ring (bicyclic) bond motifs is 1. The van der Waals surface area contributed by atoms with Crippen molar-refractivity contribution in [2.24, 2.45) is 0 Å². The van der Waals surface area contributed by atoms with Gasteiger partial charge in [-0.1, -0.05) is 0 Å². The third-order valence-corrected chi connectivity index (χ3v) is 4.77. The van der Waals surface area contributed by atoms with Crippen molar-refractivity contribution in [3.05, 3.63) is 35.9 Å². The molecular weight excluding hydrogens is 340 g/mol. The van der Waals surface area contributed by atoms with Gasteiger partial charge in [-0.15, -0.1) is 0 Å². The fourth-order valence-electron chi connectivity index (χ4n) is 3.23. The van der Waals surface area contributed by atoms with Crippen molar-refractivity contribution in [2.75, 3.05) is 5.32 Å². The van der Waals surface area contributed by atoms with Crippen LogP contribution in [0.3, 0.4) is 0 Å². The van der Waals surface area contributed by atoms with Crippen LogP contribution in [0, 0.1) is 0 Å². The molecule has 27 heavy (non-hydrogen) atoms. The van der Waals surface area contributed by atoms with Crippen molar-refractivity contribution in [1.29, 1.82) is 0 Å². The van der Waals surface area contributed by atoms with E-state index in [0.717, 1.165) is 29.6 Å². The zero-order valence-electron chi connectivity index (χ0n) is 16.5. The number of carbonyl (C=O) groups excluding carboxylic acids is 1. The smallest absolute Gasteiger partial charge is 0.274 e. The zero-order valence-corrected chi connectivity index (χ0v) is 16.5. The molecule has 0 unspecified atom stereocenters. The minimum absolute atomic E-state index is 0.165. The molecule has 142 valence electrons. The molecule has 1 saturated carbocycles. The highest BCUT2D eigenvalue weighted by molar-refractivity contribution is 6.03. The maximum absolute atomic E-state index is 13.0. The van der Waals surface area contributed by atoms with Crippen LogP contribution in [0.15, 0.2) is 24.5 Å². The lowest BCUT2D eigenvalue weighted by Gasteiger charge is -2.22. The van der Waals surface area contributed by atoms with Crippen LogP contribution in [0.4, 0.5) is 5.69 Å². The standard InChI is InChI=1S/C20H26N6O/c1-12(2)25-18-14(10-22-25)8-15(11-21-18)23-19(27)17-9-16(13-6-7-13)24-26(17)20(3,4)5/h8-13H,6-7H2,1-5H3,(H,23,27). The molecule has 0 radical (unpaired) electrons. The molecule has 7 heteroatoms. The summed E-state index contributed by atoms with van der Waals surface area (Å²) in [6.07, 6.45) is 5.77. The summed E-state index contributed by atoms with van der Waals surface area (Å²) >= 11 is 0. The summed E-state index contributed by atoms with van der Waals surface area (Å²) in [5.41, 5.74) is 2.81. The maximum Gasteiger partial charge on any atom is 0.274 e. The first-order valence-corrected chi connectivity index (χ1v) is 9.49. The van der Waals surface area contributed by atoms with E-state index >= 15 is 0 Å². The molecule has 3 aromatic rings. The number of hydrogen-bond donors (Lipinski definition) is 1. The van der Waals surface area contributed by atoms with Crippen molar-refractivity contribution >= 4 is 22.6 Å². The molecule has 0 spiro atoms. The van der Waals surface area contributed by atoms with Crippen molar-refractivity contribution in [2.45, 2.75) is 65.0 Å². The van der Waals surface area contributed by atoms with Gasteiger partial charge in [-0.25, -0.2) is 9.67 Å². The molecule has 3 heterocycles. The molecule has 0 saturated heterocycles. The van der Waals surface area contributed by atoms with E-state index in [1.54, 1.807) is 12.4 Å². The Labute approximate surface area is 158 Å². The number of nitrogens with one attached hydrogen (secondary N) is 1. The van der Waals surface area contributed by atoms with Gasteiger partial charge in [0, 0.05) is 17.3 Å². The average molecular weight is 366 g/mol. The van der Waals surface area contributed by atoms with Gasteiger partial charge in [0.2, 0.25) is 0 Å². The summed E-state index contributed by atoms with van der Waals surface area (Å²) in [6, 6.07) is 4.07. The minimum Gasteiger partial charge on any atom is -0.319 e. The van der Waals surface area contributed by atoms with Crippen LogP contribution >= 0.6 is 0 Å². The summed E-state index contributed by atoms with van der Waals surface area (Å²) in [5.74, 6) is 0.335. The van der Waals surface area contributed by atoms with Crippen molar-refractivity contribution in [3.63, 3.8) is 0 Å². The quantitative estimate of drug-likeness (QED) is 0.754.